The van der Waals surface area contributed by atoms with Gasteiger partial charge in [-0.2, -0.15) is 0 Å². The lowest BCUT2D eigenvalue weighted by Gasteiger charge is -2.05. The highest BCUT2D eigenvalue weighted by Gasteiger charge is 2.08. The number of imidazole rings is 1. The third-order valence-electron chi connectivity index (χ3n) is 2.78. The average molecular weight is 245 g/mol. The molecule has 0 aliphatic carbocycles. The van der Waals surface area contributed by atoms with Gasteiger partial charge >= 0.3 is 0 Å². The lowest BCUT2D eigenvalue weighted by Crippen LogP contribution is -2.28. The molecule has 1 N–H and O–H groups in total. The van der Waals surface area contributed by atoms with E-state index in [2.05, 4.69) is 24.1 Å². The zero-order valence-corrected chi connectivity index (χ0v) is 11.1. The monoisotopic (exact) mass is 245 g/mol. The number of hydrogen-bond acceptors (Lipinski definition) is 2. The Bertz CT molecular complexity index is 557. The summed E-state index contributed by atoms with van der Waals surface area (Å²) in [5, 5.41) is 2.90. The maximum Gasteiger partial charge on any atom is 0.226 e. The number of hydrogen-bond donors (Lipinski definition) is 1. The summed E-state index contributed by atoms with van der Waals surface area (Å²) >= 11 is 0. The molecule has 2 aromatic rings. The van der Waals surface area contributed by atoms with Crippen molar-refractivity contribution < 1.29 is 4.79 Å². The lowest BCUT2D eigenvalue weighted by molar-refractivity contribution is -0.120. The summed E-state index contributed by atoms with van der Waals surface area (Å²) in [6.45, 7) is 6.89. The molecule has 0 aliphatic heterocycles. The largest absolute Gasteiger partial charge is 0.356 e. The molecular formula is C14H19N3O. The van der Waals surface area contributed by atoms with E-state index in [1.165, 1.54) is 0 Å². The smallest absolute Gasteiger partial charge is 0.226 e. The molecule has 4 nitrogen and oxygen atoms in total. The molecule has 2 aromatic heterocycles. The molecule has 0 fully saturated rings. The third-order valence-corrected chi connectivity index (χ3v) is 2.78. The van der Waals surface area contributed by atoms with Gasteiger partial charge in [-0.25, -0.2) is 4.98 Å². The number of aryl methyl sites for hydroxylation is 1. The molecule has 0 bridgehead atoms. The highest BCUT2D eigenvalue weighted by Crippen LogP contribution is 2.10. The number of amides is 1. The maximum absolute atomic E-state index is 11.7. The highest BCUT2D eigenvalue weighted by atomic mass is 16.1. The van der Waals surface area contributed by atoms with E-state index in [1.807, 2.05) is 35.9 Å². The Hall–Kier alpha value is -1.84. The quantitative estimate of drug-likeness (QED) is 0.895. The summed E-state index contributed by atoms with van der Waals surface area (Å²) in [7, 11) is 0. The average Bonchev–Trinajstić information content (AvgIpc) is 2.70. The van der Waals surface area contributed by atoms with Crippen molar-refractivity contribution in [3.63, 3.8) is 0 Å². The standard InChI is InChI=1S/C14H19N3O/c1-10(2)8-15-13(18)7-12-9-17-6-4-5-11(3)14(17)16-12/h4-6,9-10H,7-8H2,1-3H3,(H,15,18). The van der Waals surface area contributed by atoms with Crippen molar-refractivity contribution in [1.29, 1.82) is 0 Å². The predicted molar refractivity (Wildman–Crippen MR) is 71.5 cm³/mol. The van der Waals surface area contributed by atoms with Gasteiger partial charge in [-0.05, 0) is 24.5 Å². The van der Waals surface area contributed by atoms with Gasteiger partial charge in [0.2, 0.25) is 5.91 Å². The Morgan fingerprint density at radius 2 is 2.28 bits per heavy atom. The SMILES string of the molecule is Cc1cccn2cc(CC(=O)NCC(C)C)nc12. The van der Waals surface area contributed by atoms with Crippen LogP contribution in [0.15, 0.2) is 24.5 Å². The van der Waals surface area contributed by atoms with Crippen LogP contribution in [0.4, 0.5) is 0 Å². The fourth-order valence-electron chi connectivity index (χ4n) is 1.83. The summed E-state index contributed by atoms with van der Waals surface area (Å²) in [5.41, 5.74) is 2.85. The van der Waals surface area contributed by atoms with Gasteiger partial charge in [0.1, 0.15) is 5.65 Å². The van der Waals surface area contributed by atoms with Crippen LogP contribution < -0.4 is 5.32 Å². The molecule has 2 heterocycles. The van der Waals surface area contributed by atoms with E-state index >= 15 is 0 Å². The van der Waals surface area contributed by atoms with Crippen molar-refractivity contribution in [3.05, 3.63) is 35.8 Å². The molecule has 0 saturated heterocycles. The number of rotatable bonds is 4. The molecule has 4 heteroatoms. The van der Waals surface area contributed by atoms with Crippen LogP contribution in [-0.2, 0) is 11.2 Å². The third kappa shape index (κ3) is 2.88. The fraction of sp³-hybridized carbons (Fsp3) is 0.429. The summed E-state index contributed by atoms with van der Waals surface area (Å²) in [6.07, 6.45) is 4.20. The molecule has 2 rings (SSSR count). The number of carbonyl (C=O) groups is 1. The van der Waals surface area contributed by atoms with Crippen LogP contribution in [0.3, 0.4) is 0 Å². The number of aromatic nitrogens is 2. The molecule has 0 unspecified atom stereocenters. The van der Waals surface area contributed by atoms with Gasteiger partial charge in [0, 0.05) is 18.9 Å². The summed E-state index contributed by atoms with van der Waals surface area (Å²) < 4.78 is 1.96. The molecule has 0 spiro atoms. The lowest BCUT2D eigenvalue weighted by atomic mass is 10.2. The maximum atomic E-state index is 11.7. The zero-order chi connectivity index (χ0) is 13.1. The normalized spacial score (nSPS) is 11.1. The molecule has 18 heavy (non-hydrogen) atoms. The molecule has 0 saturated carbocycles. The van der Waals surface area contributed by atoms with Gasteiger partial charge in [0.15, 0.2) is 0 Å². The number of carbonyl (C=O) groups excluding carboxylic acids is 1. The minimum Gasteiger partial charge on any atom is -0.356 e. The predicted octanol–water partition coefficient (Wildman–Crippen LogP) is 1.96. The van der Waals surface area contributed by atoms with Gasteiger partial charge in [-0.3, -0.25) is 4.79 Å². The van der Waals surface area contributed by atoms with E-state index in [1.54, 1.807) is 0 Å². The number of fused-ring (bicyclic) bond motifs is 1. The fourth-order valence-corrected chi connectivity index (χ4v) is 1.83. The van der Waals surface area contributed by atoms with Crippen molar-refractivity contribution in [2.24, 2.45) is 5.92 Å². The Labute approximate surface area is 107 Å². The van der Waals surface area contributed by atoms with Crippen LogP contribution in [0.1, 0.15) is 25.1 Å². The first-order valence-electron chi connectivity index (χ1n) is 6.26. The number of nitrogens with zero attached hydrogens (tertiary/aromatic N) is 2. The highest BCUT2D eigenvalue weighted by molar-refractivity contribution is 5.78. The van der Waals surface area contributed by atoms with Gasteiger partial charge < -0.3 is 9.72 Å². The van der Waals surface area contributed by atoms with Crippen molar-refractivity contribution in [2.45, 2.75) is 27.2 Å². The second-order valence-corrected chi connectivity index (χ2v) is 5.03. The molecule has 96 valence electrons. The van der Waals surface area contributed by atoms with E-state index in [9.17, 15) is 4.79 Å². The summed E-state index contributed by atoms with van der Waals surface area (Å²) in [5.74, 6) is 0.502. The van der Waals surface area contributed by atoms with Crippen molar-refractivity contribution >= 4 is 11.6 Å². The molecule has 1 amide bonds. The van der Waals surface area contributed by atoms with Crippen LogP contribution in [0.25, 0.3) is 5.65 Å². The van der Waals surface area contributed by atoms with Crippen LogP contribution in [0, 0.1) is 12.8 Å². The molecular weight excluding hydrogens is 226 g/mol. The molecule has 0 aliphatic rings. The van der Waals surface area contributed by atoms with Gasteiger partial charge in [-0.1, -0.05) is 19.9 Å². The molecule has 0 radical (unpaired) electrons. The van der Waals surface area contributed by atoms with Crippen molar-refractivity contribution in [1.82, 2.24) is 14.7 Å². The summed E-state index contributed by atoms with van der Waals surface area (Å²) in [6, 6.07) is 4.00. The van der Waals surface area contributed by atoms with Crippen molar-refractivity contribution in [2.75, 3.05) is 6.54 Å². The Morgan fingerprint density at radius 1 is 1.50 bits per heavy atom. The van der Waals surface area contributed by atoms with Crippen LogP contribution in [-0.4, -0.2) is 21.8 Å². The first-order valence-corrected chi connectivity index (χ1v) is 6.26. The topological polar surface area (TPSA) is 46.4 Å². The van der Waals surface area contributed by atoms with E-state index in [0.717, 1.165) is 16.9 Å². The number of nitrogens with one attached hydrogen (secondary N) is 1. The van der Waals surface area contributed by atoms with E-state index in [0.29, 0.717) is 18.9 Å². The zero-order valence-electron chi connectivity index (χ0n) is 11.1. The van der Waals surface area contributed by atoms with E-state index < -0.39 is 0 Å². The summed E-state index contributed by atoms with van der Waals surface area (Å²) in [4.78, 5) is 16.2. The van der Waals surface area contributed by atoms with Gasteiger partial charge in [-0.15, -0.1) is 0 Å². The minimum absolute atomic E-state index is 0.0322. The van der Waals surface area contributed by atoms with Crippen LogP contribution in [0.5, 0.6) is 0 Å². The first-order chi connectivity index (χ1) is 8.56. The molecule has 0 atom stereocenters. The van der Waals surface area contributed by atoms with E-state index in [-0.39, 0.29) is 5.91 Å². The molecule has 0 aromatic carbocycles. The minimum atomic E-state index is 0.0322. The van der Waals surface area contributed by atoms with E-state index in [4.69, 9.17) is 0 Å². The second-order valence-electron chi connectivity index (χ2n) is 5.03. The Kier molecular flexibility index (Phi) is 3.65. The Morgan fingerprint density at radius 3 is 2.94 bits per heavy atom. The first kappa shape index (κ1) is 12.6. The number of pyridine rings is 1. The van der Waals surface area contributed by atoms with Gasteiger partial charge in [0.25, 0.3) is 0 Å². The van der Waals surface area contributed by atoms with Crippen molar-refractivity contribution in [3.8, 4) is 0 Å². The second kappa shape index (κ2) is 5.21. The van der Waals surface area contributed by atoms with Gasteiger partial charge in [0.05, 0.1) is 12.1 Å². The van der Waals surface area contributed by atoms with Crippen LogP contribution >= 0.6 is 0 Å². The Balaban J connectivity index is 2.08. The van der Waals surface area contributed by atoms with Crippen LogP contribution in [0.2, 0.25) is 0 Å².